The Morgan fingerprint density at radius 1 is 1.04 bits per heavy atom. The van der Waals surface area contributed by atoms with Gasteiger partial charge < -0.3 is 14.5 Å². The highest BCUT2D eigenvalue weighted by Gasteiger charge is 2.32. The molecule has 2 aliphatic heterocycles. The molecule has 28 heavy (non-hydrogen) atoms. The van der Waals surface area contributed by atoms with Gasteiger partial charge in [-0.1, -0.05) is 42.5 Å². The molecule has 2 aromatic carbocycles. The fraction of sp³-hybridized carbons (Fsp3) is 0.391. The quantitative estimate of drug-likeness (QED) is 0.817. The Balaban J connectivity index is 1.34. The molecule has 2 heterocycles. The van der Waals surface area contributed by atoms with Crippen LogP contribution in [-0.4, -0.2) is 42.5 Å². The van der Waals surface area contributed by atoms with Crippen molar-refractivity contribution >= 4 is 17.5 Å². The SMILES string of the molecule is C[C@H]1Oc2ccccc2N(CCC(=O)N2CCC(c3ccccc3)CC2)C1=O. The number of ether oxygens (including phenoxy) is 1. The molecule has 2 amide bonds. The number of amides is 2. The van der Waals surface area contributed by atoms with Gasteiger partial charge in [0.2, 0.25) is 5.91 Å². The zero-order valence-electron chi connectivity index (χ0n) is 16.2. The summed E-state index contributed by atoms with van der Waals surface area (Å²) in [7, 11) is 0. The molecule has 0 radical (unpaired) electrons. The predicted octanol–water partition coefficient (Wildman–Crippen LogP) is 3.60. The number of fused-ring (bicyclic) bond motifs is 1. The lowest BCUT2D eigenvalue weighted by Crippen LogP contribution is -2.46. The van der Waals surface area contributed by atoms with Gasteiger partial charge >= 0.3 is 0 Å². The molecule has 2 aliphatic rings. The van der Waals surface area contributed by atoms with Crippen molar-refractivity contribution in [2.24, 2.45) is 0 Å². The zero-order chi connectivity index (χ0) is 19.5. The van der Waals surface area contributed by atoms with E-state index in [1.807, 2.05) is 35.2 Å². The number of piperidine rings is 1. The van der Waals surface area contributed by atoms with E-state index in [9.17, 15) is 9.59 Å². The molecule has 0 bridgehead atoms. The van der Waals surface area contributed by atoms with Crippen LogP contribution in [0, 0.1) is 0 Å². The van der Waals surface area contributed by atoms with Crippen molar-refractivity contribution in [3.05, 3.63) is 60.2 Å². The first-order chi connectivity index (χ1) is 13.6. The maximum atomic E-state index is 12.7. The first-order valence-electron chi connectivity index (χ1n) is 10.0. The minimum atomic E-state index is -0.522. The van der Waals surface area contributed by atoms with Crippen molar-refractivity contribution in [1.29, 1.82) is 0 Å². The average Bonchev–Trinajstić information content (AvgIpc) is 2.74. The monoisotopic (exact) mass is 378 g/mol. The normalized spacial score (nSPS) is 19.9. The maximum absolute atomic E-state index is 12.7. The summed E-state index contributed by atoms with van der Waals surface area (Å²) < 4.78 is 5.66. The van der Waals surface area contributed by atoms with Crippen LogP contribution in [0.4, 0.5) is 5.69 Å². The van der Waals surface area contributed by atoms with Gasteiger partial charge in [-0.3, -0.25) is 9.59 Å². The molecule has 0 saturated carbocycles. The first-order valence-corrected chi connectivity index (χ1v) is 10.0. The van der Waals surface area contributed by atoms with Gasteiger partial charge in [0, 0.05) is 26.1 Å². The molecule has 4 rings (SSSR count). The van der Waals surface area contributed by atoms with E-state index in [0.29, 0.717) is 24.6 Å². The number of carbonyl (C=O) groups is 2. The van der Waals surface area contributed by atoms with Crippen LogP contribution >= 0.6 is 0 Å². The van der Waals surface area contributed by atoms with Gasteiger partial charge in [-0.2, -0.15) is 0 Å². The molecular formula is C23H26N2O3. The van der Waals surface area contributed by atoms with Crippen molar-refractivity contribution in [2.75, 3.05) is 24.5 Å². The number of hydrogen-bond acceptors (Lipinski definition) is 3. The molecule has 0 unspecified atom stereocenters. The van der Waals surface area contributed by atoms with Gasteiger partial charge in [0.1, 0.15) is 5.75 Å². The zero-order valence-corrected chi connectivity index (χ0v) is 16.2. The second-order valence-corrected chi connectivity index (χ2v) is 7.53. The topological polar surface area (TPSA) is 49.9 Å². The number of likely N-dealkylation sites (tertiary alicyclic amines) is 1. The Kier molecular flexibility index (Phi) is 5.33. The van der Waals surface area contributed by atoms with Crippen molar-refractivity contribution in [3.63, 3.8) is 0 Å². The molecular weight excluding hydrogens is 352 g/mol. The van der Waals surface area contributed by atoms with E-state index in [-0.39, 0.29) is 11.8 Å². The van der Waals surface area contributed by atoms with E-state index in [0.717, 1.165) is 31.6 Å². The maximum Gasteiger partial charge on any atom is 0.267 e. The summed E-state index contributed by atoms with van der Waals surface area (Å²) in [5, 5.41) is 0. The molecule has 0 aromatic heterocycles. The first kappa shape index (κ1) is 18.5. The van der Waals surface area contributed by atoms with E-state index in [4.69, 9.17) is 4.74 Å². The van der Waals surface area contributed by atoms with Crippen LogP contribution < -0.4 is 9.64 Å². The van der Waals surface area contributed by atoms with E-state index in [1.54, 1.807) is 11.8 Å². The fourth-order valence-corrected chi connectivity index (χ4v) is 4.14. The summed E-state index contributed by atoms with van der Waals surface area (Å²) in [5.74, 6) is 1.26. The number of para-hydroxylation sites is 2. The number of carbonyl (C=O) groups excluding carboxylic acids is 2. The number of hydrogen-bond donors (Lipinski definition) is 0. The van der Waals surface area contributed by atoms with Gasteiger partial charge in [0.25, 0.3) is 5.91 Å². The van der Waals surface area contributed by atoms with Crippen molar-refractivity contribution in [2.45, 2.75) is 38.2 Å². The predicted molar refractivity (Wildman–Crippen MR) is 108 cm³/mol. The third-order valence-corrected chi connectivity index (χ3v) is 5.74. The van der Waals surface area contributed by atoms with Gasteiger partial charge in [0.05, 0.1) is 5.69 Å². The van der Waals surface area contributed by atoms with E-state index in [1.165, 1.54) is 5.56 Å². The van der Waals surface area contributed by atoms with Crippen LogP contribution in [0.5, 0.6) is 5.75 Å². The van der Waals surface area contributed by atoms with Gasteiger partial charge in [-0.25, -0.2) is 0 Å². The van der Waals surface area contributed by atoms with Gasteiger partial charge in [-0.15, -0.1) is 0 Å². The summed E-state index contributed by atoms with van der Waals surface area (Å²) in [4.78, 5) is 28.9. The van der Waals surface area contributed by atoms with E-state index < -0.39 is 6.10 Å². The lowest BCUT2D eigenvalue weighted by Gasteiger charge is -2.35. The fourth-order valence-electron chi connectivity index (χ4n) is 4.14. The number of nitrogens with zero attached hydrogens (tertiary/aromatic N) is 2. The molecule has 5 nitrogen and oxygen atoms in total. The molecule has 1 saturated heterocycles. The van der Waals surface area contributed by atoms with Crippen LogP contribution in [0.1, 0.15) is 37.7 Å². The number of benzene rings is 2. The Morgan fingerprint density at radius 2 is 1.71 bits per heavy atom. The standard InChI is InChI=1S/C23H26N2O3/c1-17-23(27)25(20-9-5-6-10-21(20)28-17)16-13-22(26)24-14-11-19(12-15-24)18-7-3-2-4-8-18/h2-10,17,19H,11-16H2,1H3/t17-/m1/s1. The third kappa shape index (κ3) is 3.75. The average molecular weight is 378 g/mol. The summed E-state index contributed by atoms with van der Waals surface area (Å²) in [6.07, 6.45) is 1.80. The highest BCUT2D eigenvalue weighted by atomic mass is 16.5. The lowest BCUT2D eigenvalue weighted by atomic mass is 9.89. The largest absolute Gasteiger partial charge is 0.479 e. The molecule has 0 N–H and O–H groups in total. The molecule has 2 aromatic rings. The second-order valence-electron chi connectivity index (χ2n) is 7.53. The lowest BCUT2D eigenvalue weighted by molar-refractivity contribution is -0.132. The summed E-state index contributed by atoms with van der Waals surface area (Å²) in [6, 6.07) is 18.0. The summed E-state index contributed by atoms with van der Waals surface area (Å²) in [5.41, 5.74) is 2.11. The van der Waals surface area contributed by atoms with Gasteiger partial charge in [-0.05, 0) is 43.4 Å². The summed E-state index contributed by atoms with van der Waals surface area (Å²) in [6.45, 7) is 3.70. The van der Waals surface area contributed by atoms with Crippen LogP contribution in [0.3, 0.4) is 0 Å². The minimum absolute atomic E-state index is 0.0886. The number of rotatable bonds is 4. The smallest absolute Gasteiger partial charge is 0.267 e. The van der Waals surface area contributed by atoms with E-state index >= 15 is 0 Å². The third-order valence-electron chi connectivity index (χ3n) is 5.74. The van der Waals surface area contributed by atoms with Crippen molar-refractivity contribution in [3.8, 4) is 5.75 Å². The molecule has 146 valence electrons. The molecule has 0 aliphatic carbocycles. The Labute approximate surface area is 165 Å². The van der Waals surface area contributed by atoms with Gasteiger partial charge in [0.15, 0.2) is 6.10 Å². The Hall–Kier alpha value is -2.82. The molecule has 1 fully saturated rings. The minimum Gasteiger partial charge on any atom is -0.479 e. The van der Waals surface area contributed by atoms with E-state index in [2.05, 4.69) is 24.3 Å². The molecule has 1 atom stereocenters. The Bertz CT molecular complexity index is 844. The van der Waals surface area contributed by atoms with Crippen LogP contribution in [-0.2, 0) is 9.59 Å². The van der Waals surface area contributed by atoms with Crippen LogP contribution in [0.2, 0.25) is 0 Å². The Morgan fingerprint density at radius 3 is 2.46 bits per heavy atom. The van der Waals surface area contributed by atoms with Crippen molar-refractivity contribution in [1.82, 2.24) is 4.90 Å². The number of anilines is 1. The molecule has 5 heteroatoms. The van der Waals surface area contributed by atoms with Crippen LogP contribution in [0.25, 0.3) is 0 Å². The summed E-state index contributed by atoms with van der Waals surface area (Å²) >= 11 is 0. The molecule has 0 spiro atoms. The van der Waals surface area contributed by atoms with Crippen LogP contribution in [0.15, 0.2) is 54.6 Å². The second kappa shape index (κ2) is 8.05. The highest BCUT2D eigenvalue weighted by Crippen LogP contribution is 2.34. The van der Waals surface area contributed by atoms with Crippen molar-refractivity contribution < 1.29 is 14.3 Å². The highest BCUT2D eigenvalue weighted by molar-refractivity contribution is 6.00.